The number of ether oxygens (including phenoxy) is 2. The van der Waals surface area contributed by atoms with Crippen LogP contribution in [0.1, 0.15) is 12.5 Å². The normalized spacial score (nSPS) is 11.6. The van der Waals surface area contributed by atoms with Gasteiger partial charge < -0.3 is 14.8 Å². The minimum absolute atomic E-state index is 0.162. The molecular weight excluding hydrogens is 310 g/mol. The molecule has 0 aromatic heterocycles. The molecule has 5 heteroatoms. The molecule has 0 spiro atoms. The highest BCUT2D eigenvalue weighted by molar-refractivity contribution is 7.98. The van der Waals surface area contributed by atoms with E-state index in [2.05, 4.69) is 5.32 Å². The van der Waals surface area contributed by atoms with Crippen LogP contribution in [0.2, 0.25) is 0 Å². The summed E-state index contributed by atoms with van der Waals surface area (Å²) in [6, 6.07) is 15.4. The number of carbonyl (C=O) groups is 1. The number of amides is 1. The molecule has 0 bridgehead atoms. The van der Waals surface area contributed by atoms with Crippen molar-refractivity contribution in [2.75, 3.05) is 13.4 Å². The highest BCUT2D eigenvalue weighted by Gasteiger charge is 2.16. The highest BCUT2D eigenvalue weighted by atomic mass is 32.2. The van der Waals surface area contributed by atoms with E-state index in [1.54, 1.807) is 37.9 Å². The maximum atomic E-state index is 12.2. The molecule has 0 radical (unpaired) electrons. The van der Waals surface area contributed by atoms with Gasteiger partial charge in [-0.1, -0.05) is 24.3 Å². The zero-order chi connectivity index (χ0) is 16.7. The van der Waals surface area contributed by atoms with Crippen LogP contribution in [-0.4, -0.2) is 25.4 Å². The van der Waals surface area contributed by atoms with Crippen LogP contribution in [0.25, 0.3) is 0 Å². The summed E-state index contributed by atoms with van der Waals surface area (Å²) in [5.41, 5.74) is 1.06. The van der Waals surface area contributed by atoms with Crippen molar-refractivity contribution >= 4 is 17.7 Å². The quantitative estimate of drug-likeness (QED) is 0.789. The second-order valence-corrected chi connectivity index (χ2v) is 5.86. The maximum Gasteiger partial charge on any atom is 0.261 e. The van der Waals surface area contributed by atoms with Crippen molar-refractivity contribution in [3.8, 4) is 11.5 Å². The average Bonchev–Trinajstić information content (AvgIpc) is 2.60. The molecule has 1 amide bonds. The Morgan fingerprint density at radius 3 is 2.39 bits per heavy atom. The van der Waals surface area contributed by atoms with Crippen LogP contribution in [-0.2, 0) is 11.3 Å². The summed E-state index contributed by atoms with van der Waals surface area (Å²) in [5, 5.41) is 2.88. The third-order valence-electron chi connectivity index (χ3n) is 3.37. The largest absolute Gasteiger partial charge is 0.493 e. The second kappa shape index (κ2) is 8.48. The van der Waals surface area contributed by atoms with Crippen LogP contribution in [0.4, 0.5) is 0 Å². The van der Waals surface area contributed by atoms with Crippen molar-refractivity contribution in [3.63, 3.8) is 0 Å². The summed E-state index contributed by atoms with van der Waals surface area (Å²) in [4.78, 5) is 13.4. The molecule has 122 valence electrons. The lowest BCUT2D eigenvalue weighted by molar-refractivity contribution is -0.127. The van der Waals surface area contributed by atoms with Crippen LogP contribution in [0.3, 0.4) is 0 Å². The van der Waals surface area contributed by atoms with Gasteiger partial charge in [0.1, 0.15) is 0 Å². The maximum absolute atomic E-state index is 12.2. The fourth-order valence-electron chi connectivity index (χ4n) is 2.04. The standard InChI is InChI=1S/C18H21NO3S/c1-13(22-17-7-5-4-6-16(17)21-2)18(20)19-12-14-8-10-15(23-3)11-9-14/h4-11,13H,12H2,1-3H3,(H,19,20). The molecule has 4 nitrogen and oxygen atoms in total. The van der Waals surface area contributed by atoms with E-state index in [9.17, 15) is 4.79 Å². The molecule has 2 aromatic carbocycles. The molecule has 1 unspecified atom stereocenters. The lowest BCUT2D eigenvalue weighted by Crippen LogP contribution is -2.35. The number of carbonyl (C=O) groups excluding carboxylic acids is 1. The minimum atomic E-state index is -0.600. The molecule has 1 N–H and O–H groups in total. The van der Waals surface area contributed by atoms with E-state index >= 15 is 0 Å². The molecule has 0 aliphatic carbocycles. The van der Waals surface area contributed by atoms with E-state index in [0.29, 0.717) is 18.0 Å². The predicted molar refractivity (Wildman–Crippen MR) is 93.2 cm³/mol. The molecule has 0 saturated carbocycles. The monoisotopic (exact) mass is 331 g/mol. The first kappa shape index (κ1) is 17.2. The first-order chi connectivity index (χ1) is 11.1. The van der Waals surface area contributed by atoms with E-state index in [4.69, 9.17) is 9.47 Å². The zero-order valence-corrected chi connectivity index (χ0v) is 14.4. The Morgan fingerprint density at radius 1 is 1.13 bits per heavy atom. The van der Waals surface area contributed by atoms with Crippen molar-refractivity contribution in [3.05, 3.63) is 54.1 Å². The van der Waals surface area contributed by atoms with Crippen molar-refractivity contribution < 1.29 is 14.3 Å². The van der Waals surface area contributed by atoms with E-state index in [1.165, 1.54) is 4.90 Å². The van der Waals surface area contributed by atoms with Gasteiger partial charge in [0.15, 0.2) is 17.6 Å². The second-order valence-electron chi connectivity index (χ2n) is 4.98. The number of hydrogen-bond acceptors (Lipinski definition) is 4. The number of hydrogen-bond donors (Lipinski definition) is 1. The number of benzene rings is 2. The fourth-order valence-corrected chi connectivity index (χ4v) is 2.44. The van der Waals surface area contributed by atoms with Crippen molar-refractivity contribution in [1.82, 2.24) is 5.32 Å². The molecule has 2 aromatic rings. The van der Waals surface area contributed by atoms with Crippen molar-refractivity contribution in [2.24, 2.45) is 0 Å². The number of nitrogens with one attached hydrogen (secondary N) is 1. The third-order valence-corrected chi connectivity index (χ3v) is 4.11. The lowest BCUT2D eigenvalue weighted by atomic mass is 10.2. The van der Waals surface area contributed by atoms with E-state index in [1.807, 2.05) is 42.7 Å². The lowest BCUT2D eigenvalue weighted by Gasteiger charge is -2.16. The number of para-hydroxylation sites is 2. The van der Waals surface area contributed by atoms with Gasteiger partial charge in [-0.3, -0.25) is 4.79 Å². The van der Waals surface area contributed by atoms with Gasteiger partial charge in [-0.2, -0.15) is 0 Å². The molecule has 0 saturated heterocycles. The first-order valence-electron chi connectivity index (χ1n) is 7.34. The van der Waals surface area contributed by atoms with E-state index in [0.717, 1.165) is 5.56 Å². The molecule has 1 atom stereocenters. The van der Waals surface area contributed by atoms with Gasteiger partial charge in [0.05, 0.1) is 7.11 Å². The van der Waals surface area contributed by atoms with Crippen LogP contribution in [0, 0.1) is 0 Å². The minimum Gasteiger partial charge on any atom is -0.493 e. The summed E-state index contributed by atoms with van der Waals surface area (Å²) in [7, 11) is 1.57. The molecule has 2 rings (SSSR count). The highest BCUT2D eigenvalue weighted by Crippen LogP contribution is 2.26. The zero-order valence-electron chi connectivity index (χ0n) is 13.5. The SMILES string of the molecule is COc1ccccc1OC(C)C(=O)NCc1ccc(SC)cc1. The fraction of sp³-hybridized carbons (Fsp3) is 0.278. The Hall–Kier alpha value is -2.14. The molecule has 23 heavy (non-hydrogen) atoms. The van der Waals surface area contributed by atoms with E-state index in [-0.39, 0.29) is 5.91 Å². The summed E-state index contributed by atoms with van der Waals surface area (Å²) >= 11 is 1.69. The number of methoxy groups -OCH3 is 1. The summed E-state index contributed by atoms with van der Waals surface area (Å²) in [6.45, 7) is 2.20. The predicted octanol–water partition coefficient (Wildman–Crippen LogP) is 3.50. The summed E-state index contributed by atoms with van der Waals surface area (Å²) in [5.74, 6) is 1.01. The average molecular weight is 331 g/mol. The van der Waals surface area contributed by atoms with Gasteiger partial charge in [-0.05, 0) is 43.0 Å². The smallest absolute Gasteiger partial charge is 0.261 e. The Balaban J connectivity index is 1.89. The third kappa shape index (κ3) is 4.93. The Bertz CT molecular complexity index is 643. The van der Waals surface area contributed by atoms with E-state index < -0.39 is 6.10 Å². The van der Waals surface area contributed by atoms with Crippen LogP contribution in [0.15, 0.2) is 53.4 Å². The van der Waals surface area contributed by atoms with Crippen molar-refractivity contribution in [1.29, 1.82) is 0 Å². The van der Waals surface area contributed by atoms with Gasteiger partial charge in [-0.15, -0.1) is 11.8 Å². The van der Waals surface area contributed by atoms with Gasteiger partial charge in [-0.25, -0.2) is 0 Å². The molecular formula is C18H21NO3S. The van der Waals surface area contributed by atoms with Gasteiger partial charge in [0, 0.05) is 11.4 Å². The Kier molecular flexibility index (Phi) is 6.35. The summed E-state index contributed by atoms with van der Waals surface area (Å²) in [6.07, 6.45) is 1.44. The number of thioether (sulfide) groups is 1. The molecule has 0 fully saturated rings. The topological polar surface area (TPSA) is 47.6 Å². The van der Waals surface area contributed by atoms with Gasteiger partial charge in [0.25, 0.3) is 5.91 Å². The van der Waals surface area contributed by atoms with Gasteiger partial charge in [0.2, 0.25) is 0 Å². The Morgan fingerprint density at radius 2 is 1.78 bits per heavy atom. The Labute approximate surface area is 141 Å². The van der Waals surface area contributed by atoms with Crippen molar-refractivity contribution in [2.45, 2.75) is 24.5 Å². The first-order valence-corrected chi connectivity index (χ1v) is 8.57. The summed E-state index contributed by atoms with van der Waals surface area (Å²) < 4.78 is 10.9. The van der Waals surface area contributed by atoms with Crippen LogP contribution in [0.5, 0.6) is 11.5 Å². The molecule has 0 aliphatic heterocycles. The number of rotatable bonds is 7. The van der Waals surface area contributed by atoms with Crippen LogP contribution >= 0.6 is 11.8 Å². The van der Waals surface area contributed by atoms with Gasteiger partial charge >= 0.3 is 0 Å². The molecule has 0 aliphatic rings. The molecule has 0 heterocycles. The van der Waals surface area contributed by atoms with Crippen LogP contribution < -0.4 is 14.8 Å².